The molecule has 1 aliphatic heterocycles. The van der Waals surface area contributed by atoms with Crippen molar-refractivity contribution in [3.8, 4) is 0 Å². The number of nitrogens with zero attached hydrogens (tertiary/aromatic N) is 2. The zero-order valence-corrected chi connectivity index (χ0v) is 12.8. The quantitative estimate of drug-likeness (QED) is 0.940. The van der Waals surface area contributed by atoms with Crippen molar-refractivity contribution in [2.24, 2.45) is 0 Å². The van der Waals surface area contributed by atoms with Gasteiger partial charge in [0.05, 0.1) is 12.5 Å². The molecule has 0 saturated carbocycles. The molecule has 0 bridgehead atoms. The lowest BCUT2D eigenvalue weighted by molar-refractivity contribution is -0.138. The van der Waals surface area contributed by atoms with E-state index in [1.54, 1.807) is 22.9 Å². The first-order valence-corrected chi connectivity index (χ1v) is 8.26. The third-order valence-corrected chi connectivity index (χ3v) is 4.87. The predicted molar refractivity (Wildman–Crippen MR) is 86.1 cm³/mol. The van der Waals surface area contributed by atoms with Crippen LogP contribution in [0.3, 0.4) is 0 Å². The molecule has 114 valence electrons. The lowest BCUT2D eigenvalue weighted by Gasteiger charge is -2.34. The number of carboxylic acid groups (broad SMARTS) is 1. The number of aliphatic carboxylic acids is 1. The fourth-order valence-electron chi connectivity index (χ4n) is 2.72. The Morgan fingerprint density at radius 2 is 2.14 bits per heavy atom. The molecule has 2 heterocycles. The predicted octanol–water partition coefficient (Wildman–Crippen LogP) is 2.27. The monoisotopic (exact) mass is 316 g/mol. The van der Waals surface area contributed by atoms with Gasteiger partial charge >= 0.3 is 5.97 Å². The van der Waals surface area contributed by atoms with Crippen LogP contribution in [0.5, 0.6) is 0 Å². The smallest absolute Gasteiger partial charge is 0.305 e. The summed E-state index contributed by atoms with van der Waals surface area (Å²) in [5.74, 6) is 0.426. The number of thioether (sulfide) groups is 1. The van der Waals surface area contributed by atoms with Gasteiger partial charge in [-0.25, -0.2) is 0 Å². The number of amides is 1. The topological polar surface area (TPSA) is 70.5 Å². The van der Waals surface area contributed by atoms with Crippen molar-refractivity contribution < 1.29 is 14.7 Å². The summed E-state index contributed by atoms with van der Waals surface area (Å²) in [6, 6.07) is 9.20. The number of carboxylic acids is 1. The summed E-state index contributed by atoms with van der Waals surface area (Å²) in [7, 11) is 0. The molecule has 2 aromatic rings. The molecular weight excluding hydrogens is 300 g/mol. The highest BCUT2D eigenvalue weighted by molar-refractivity contribution is 7.99. The third-order valence-electron chi connectivity index (χ3n) is 3.77. The zero-order valence-electron chi connectivity index (χ0n) is 11.9. The molecule has 5 nitrogen and oxygen atoms in total. The van der Waals surface area contributed by atoms with Gasteiger partial charge in [0.15, 0.2) is 0 Å². The summed E-state index contributed by atoms with van der Waals surface area (Å²) >= 11 is 1.69. The molecule has 1 unspecified atom stereocenters. The van der Waals surface area contributed by atoms with Crippen LogP contribution in [0.15, 0.2) is 36.5 Å². The second-order valence-corrected chi connectivity index (χ2v) is 6.36. The number of carbonyl (C=O) groups excluding carboxylic acids is 1. The first-order valence-electron chi connectivity index (χ1n) is 7.11. The number of hydrogen-bond donors (Lipinski definition) is 1. The maximum absolute atomic E-state index is 12.9. The van der Waals surface area contributed by atoms with Crippen molar-refractivity contribution in [3.05, 3.63) is 42.2 Å². The molecule has 1 fully saturated rings. The van der Waals surface area contributed by atoms with Crippen molar-refractivity contribution in [1.82, 2.24) is 9.88 Å². The molecule has 6 heteroatoms. The highest BCUT2D eigenvalue weighted by Crippen LogP contribution is 2.24. The average Bonchev–Trinajstić information content (AvgIpc) is 2.54. The van der Waals surface area contributed by atoms with E-state index >= 15 is 0 Å². The Balaban J connectivity index is 1.95. The van der Waals surface area contributed by atoms with E-state index in [2.05, 4.69) is 4.98 Å². The van der Waals surface area contributed by atoms with Crippen LogP contribution in [0, 0.1) is 0 Å². The van der Waals surface area contributed by atoms with Crippen LogP contribution in [0.25, 0.3) is 10.8 Å². The largest absolute Gasteiger partial charge is 0.481 e. The van der Waals surface area contributed by atoms with Crippen LogP contribution < -0.4 is 0 Å². The molecule has 1 atom stereocenters. The van der Waals surface area contributed by atoms with Crippen molar-refractivity contribution in [3.63, 3.8) is 0 Å². The van der Waals surface area contributed by atoms with Gasteiger partial charge in [-0.1, -0.05) is 24.3 Å². The fourth-order valence-corrected chi connectivity index (χ4v) is 3.78. The van der Waals surface area contributed by atoms with Gasteiger partial charge in [0.25, 0.3) is 5.91 Å². The van der Waals surface area contributed by atoms with Gasteiger partial charge in [0, 0.05) is 29.6 Å². The maximum Gasteiger partial charge on any atom is 0.305 e. The van der Waals surface area contributed by atoms with Gasteiger partial charge in [0.2, 0.25) is 0 Å². The van der Waals surface area contributed by atoms with Crippen LogP contribution in [0.2, 0.25) is 0 Å². The van der Waals surface area contributed by atoms with E-state index in [9.17, 15) is 9.59 Å². The van der Waals surface area contributed by atoms with E-state index in [1.165, 1.54) is 0 Å². The molecule has 1 aliphatic rings. The fraction of sp³-hybridized carbons (Fsp3) is 0.312. The molecule has 22 heavy (non-hydrogen) atoms. The van der Waals surface area contributed by atoms with E-state index < -0.39 is 5.97 Å². The second kappa shape index (κ2) is 6.36. The number of fused-ring (bicyclic) bond motifs is 1. The summed E-state index contributed by atoms with van der Waals surface area (Å²) in [6.45, 7) is 0.562. The Bertz CT molecular complexity index is 714. The van der Waals surface area contributed by atoms with Gasteiger partial charge in [-0.05, 0) is 11.5 Å². The number of carbonyl (C=O) groups is 2. The van der Waals surface area contributed by atoms with E-state index in [-0.39, 0.29) is 18.4 Å². The van der Waals surface area contributed by atoms with Crippen LogP contribution in [-0.2, 0) is 4.79 Å². The number of aromatic nitrogens is 1. The molecule has 0 aliphatic carbocycles. The minimum absolute atomic E-state index is 0.0243. The summed E-state index contributed by atoms with van der Waals surface area (Å²) in [5.41, 5.74) is 0.403. The minimum Gasteiger partial charge on any atom is -0.481 e. The molecule has 1 saturated heterocycles. The van der Waals surface area contributed by atoms with Crippen LogP contribution in [0.1, 0.15) is 16.9 Å². The standard InChI is InChI=1S/C16H16N2O3S/c19-14(20)9-12-10-22-8-7-18(12)16(21)15-13-4-2-1-3-11(13)5-6-17-15/h1-6,12H,7-10H2,(H,19,20). The molecule has 0 radical (unpaired) electrons. The highest BCUT2D eigenvalue weighted by atomic mass is 32.2. The maximum atomic E-state index is 12.9. The number of benzene rings is 1. The van der Waals surface area contributed by atoms with Crippen molar-refractivity contribution in [1.29, 1.82) is 0 Å². The average molecular weight is 316 g/mol. The highest BCUT2D eigenvalue weighted by Gasteiger charge is 2.30. The SMILES string of the molecule is O=C(O)CC1CSCCN1C(=O)c1nccc2ccccc12. The van der Waals surface area contributed by atoms with Crippen LogP contribution in [0.4, 0.5) is 0 Å². The summed E-state index contributed by atoms with van der Waals surface area (Å²) < 4.78 is 0. The van der Waals surface area contributed by atoms with Gasteiger partial charge in [0.1, 0.15) is 5.69 Å². The Labute approximate surface area is 132 Å². The molecule has 1 amide bonds. The van der Waals surface area contributed by atoms with Gasteiger partial charge in [-0.2, -0.15) is 11.8 Å². The number of hydrogen-bond acceptors (Lipinski definition) is 4. The molecule has 1 aromatic heterocycles. The summed E-state index contributed by atoms with van der Waals surface area (Å²) in [6.07, 6.45) is 1.60. The van der Waals surface area contributed by atoms with Crippen molar-refractivity contribution >= 4 is 34.4 Å². The lowest BCUT2D eigenvalue weighted by Crippen LogP contribution is -2.47. The molecule has 0 spiro atoms. The second-order valence-electron chi connectivity index (χ2n) is 5.21. The van der Waals surface area contributed by atoms with E-state index in [4.69, 9.17) is 5.11 Å². The molecular formula is C16H16N2O3S. The summed E-state index contributed by atoms with van der Waals surface area (Å²) in [5, 5.41) is 10.8. The minimum atomic E-state index is -0.879. The molecule has 1 N–H and O–H groups in total. The van der Waals surface area contributed by atoms with Crippen LogP contribution >= 0.6 is 11.8 Å². The molecule has 1 aromatic carbocycles. The lowest BCUT2D eigenvalue weighted by atomic mass is 10.1. The first-order chi connectivity index (χ1) is 10.7. The van der Waals surface area contributed by atoms with Crippen molar-refractivity contribution in [2.45, 2.75) is 12.5 Å². The normalized spacial score (nSPS) is 18.4. The van der Waals surface area contributed by atoms with Gasteiger partial charge in [-0.15, -0.1) is 0 Å². The first kappa shape index (κ1) is 14.8. The van der Waals surface area contributed by atoms with Crippen molar-refractivity contribution in [2.75, 3.05) is 18.1 Å². The van der Waals surface area contributed by atoms with Crippen LogP contribution in [-0.4, -0.2) is 51.0 Å². The number of pyridine rings is 1. The van der Waals surface area contributed by atoms with Gasteiger partial charge in [-0.3, -0.25) is 14.6 Å². The number of rotatable bonds is 3. The Kier molecular flexibility index (Phi) is 4.29. The zero-order chi connectivity index (χ0) is 15.5. The third kappa shape index (κ3) is 2.92. The van der Waals surface area contributed by atoms with E-state index in [0.717, 1.165) is 16.5 Å². The molecule has 3 rings (SSSR count). The Hall–Kier alpha value is -2.08. The van der Waals surface area contributed by atoms with E-state index in [0.29, 0.717) is 18.0 Å². The Morgan fingerprint density at radius 3 is 2.95 bits per heavy atom. The summed E-state index contributed by atoms with van der Waals surface area (Å²) in [4.78, 5) is 29.8. The van der Waals surface area contributed by atoms with E-state index in [1.807, 2.05) is 30.3 Å². The Morgan fingerprint density at radius 1 is 1.32 bits per heavy atom. The van der Waals surface area contributed by atoms with Gasteiger partial charge < -0.3 is 10.0 Å².